The molecule has 0 aromatic heterocycles. The number of nitrogens with zero attached hydrogens (tertiary/aromatic N) is 2. The highest BCUT2D eigenvalue weighted by molar-refractivity contribution is 5.71. The molecule has 2 aliphatic rings. The molecule has 1 amide bonds. The Balaban J connectivity index is 1.81. The van der Waals surface area contributed by atoms with Gasteiger partial charge in [0.15, 0.2) is 5.82 Å². The topological polar surface area (TPSA) is 84.7 Å². The number of fused-ring (bicyclic) bond motifs is 1. The molecule has 2 saturated heterocycles. The molecule has 0 bridgehead atoms. The van der Waals surface area contributed by atoms with Crippen LogP contribution in [0.5, 0.6) is 0 Å². The van der Waals surface area contributed by atoms with Gasteiger partial charge in [0.25, 0.3) is 5.69 Å². The highest BCUT2D eigenvalue weighted by atomic mass is 19.1. The molecule has 100 valence electrons. The lowest BCUT2D eigenvalue weighted by Crippen LogP contribution is -2.32. The minimum absolute atomic E-state index is 0.165. The van der Waals surface area contributed by atoms with Crippen LogP contribution in [-0.4, -0.2) is 36.3 Å². The molecule has 2 heterocycles. The largest absolute Gasteiger partial charge is 0.442 e. The summed E-state index contributed by atoms with van der Waals surface area (Å²) in [5.41, 5.74) is -0.0111. The molecule has 2 fully saturated rings. The number of nitro benzene ring substituents is 1. The van der Waals surface area contributed by atoms with E-state index in [1.807, 2.05) is 0 Å². The van der Waals surface area contributed by atoms with Crippen molar-refractivity contribution in [1.29, 1.82) is 0 Å². The Bertz CT molecular complexity index is 549. The number of benzene rings is 1. The van der Waals surface area contributed by atoms with Crippen molar-refractivity contribution >= 4 is 17.5 Å². The summed E-state index contributed by atoms with van der Waals surface area (Å²) in [6.45, 7) is 0.795. The highest BCUT2D eigenvalue weighted by Crippen LogP contribution is 2.29. The minimum atomic E-state index is -0.652. The van der Waals surface area contributed by atoms with Gasteiger partial charge >= 0.3 is 6.09 Å². The number of ether oxygens (including phenoxy) is 1. The van der Waals surface area contributed by atoms with Crippen LogP contribution < -0.4 is 10.2 Å². The van der Waals surface area contributed by atoms with Crippen molar-refractivity contribution in [3.8, 4) is 0 Å². The fraction of sp³-hybridized carbons (Fsp3) is 0.364. The Kier molecular flexibility index (Phi) is 2.51. The molecule has 2 aliphatic heterocycles. The first kappa shape index (κ1) is 11.7. The number of nitrogens with one attached hydrogen (secondary N) is 1. The fourth-order valence-electron chi connectivity index (χ4n) is 2.42. The maximum absolute atomic E-state index is 13.8. The molecule has 7 nitrogen and oxygen atoms in total. The van der Waals surface area contributed by atoms with Crippen LogP contribution >= 0.6 is 0 Å². The number of hydrogen-bond donors (Lipinski definition) is 1. The van der Waals surface area contributed by atoms with E-state index in [4.69, 9.17) is 4.74 Å². The smallest absolute Gasteiger partial charge is 0.407 e. The van der Waals surface area contributed by atoms with E-state index in [0.717, 1.165) is 6.07 Å². The summed E-state index contributed by atoms with van der Waals surface area (Å²) in [7, 11) is 0. The number of anilines is 1. The van der Waals surface area contributed by atoms with Crippen molar-refractivity contribution in [2.75, 3.05) is 18.0 Å². The summed E-state index contributed by atoms with van der Waals surface area (Å²) in [4.78, 5) is 22.6. The van der Waals surface area contributed by atoms with Crippen molar-refractivity contribution in [2.45, 2.75) is 12.1 Å². The summed E-state index contributed by atoms with van der Waals surface area (Å²) < 4.78 is 18.9. The van der Waals surface area contributed by atoms with Crippen LogP contribution in [0.15, 0.2) is 18.2 Å². The number of alkyl carbamates (subject to hydrolysis) is 1. The lowest BCUT2D eigenvalue weighted by molar-refractivity contribution is -0.385. The molecule has 2 atom stereocenters. The summed E-state index contributed by atoms with van der Waals surface area (Å²) in [6, 6.07) is 3.35. The Morgan fingerprint density at radius 2 is 2.26 bits per heavy atom. The van der Waals surface area contributed by atoms with Crippen molar-refractivity contribution in [3.63, 3.8) is 0 Å². The zero-order valence-electron chi connectivity index (χ0n) is 9.71. The van der Waals surface area contributed by atoms with E-state index in [-0.39, 0.29) is 23.5 Å². The third-order valence-electron chi connectivity index (χ3n) is 3.31. The molecule has 3 rings (SSSR count). The Labute approximate surface area is 107 Å². The van der Waals surface area contributed by atoms with Crippen LogP contribution in [0.4, 0.5) is 20.6 Å². The van der Waals surface area contributed by atoms with E-state index in [9.17, 15) is 19.3 Å². The fourth-order valence-corrected chi connectivity index (χ4v) is 2.42. The van der Waals surface area contributed by atoms with Crippen LogP contribution in [-0.2, 0) is 4.74 Å². The van der Waals surface area contributed by atoms with Gasteiger partial charge in [-0.2, -0.15) is 0 Å². The van der Waals surface area contributed by atoms with Crippen molar-refractivity contribution in [1.82, 2.24) is 5.32 Å². The number of halogens is 1. The lowest BCUT2D eigenvalue weighted by Gasteiger charge is -2.19. The average molecular weight is 267 g/mol. The van der Waals surface area contributed by atoms with Crippen LogP contribution in [0.25, 0.3) is 0 Å². The molecule has 1 aromatic rings. The van der Waals surface area contributed by atoms with Gasteiger partial charge in [-0.05, 0) is 6.07 Å². The molecule has 0 saturated carbocycles. The molecule has 19 heavy (non-hydrogen) atoms. The predicted octanol–water partition coefficient (Wildman–Crippen LogP) is 1.03. The van der Waals surface area contributed by atoms with Gasteiger partial charge in [0.1, 0.15) is 6.10 Å². The molecule has 0 spiro atoms. The lowest BCUT2D eigenvalue weighted by atomic mass is 10.2. The normalized spacial score (nSPS) is 24.9. The first-order valence-corrected chi connectivity index (χ1v) is 5.70. The number of rotatable bonds is 2. The zero-order valence-corrected chi connectivity index (χ0v) is 9.71. The Morgan fingerprint density at radius 3 is 2.89 bits per heavy atom. The monoisotopic (exact) mass is 267 g/mol. The third-order valence-corrected chi connectivity index (χ3v) is 3.31. The first-order chi connectivity index (χ1) is 9.04. The number of non-ortho nitro benzene ring substituents is 1. The number of hydrogen-bond acceptors (Lipinski definition) is 5. The van der Waals surface area contributed by atoms with Gasteiger partial charge < -0.3 is 15.0 Å². The van der Waals surface area contributed by atoms with Crippen molar-refractivity contribution in [3.05, 3.63) is 34.1 Å². The average Bonchev–Trinajstić information content (AvgIpc) is 2.85. The van der Waals surface area contributed by atoms with Crippen LogP contribution in [0.2, 0.25) is 0 Å². The Hall–Kier alpha value is -2.38. The standard InChI is InChI=1S/C11H10FN3O4/c12-7-3-6(15(17)18)1-2-9(7)14-4-8-10(5-14)19-11(16)13-8/h1-3,8,10H,4-5H2,(H,13,16)/t8-,10+/m1/s1. The highest BCUT2D eigenvalue weighted by Gasteiger charge is 2.42. The van der Waals surface area contributed by atoms with Crippen LogP contribution in [0.3, 0.4) is 0 Å². The first-order valence-electron chi connectivity index (χ1n) is 5.70. The number of nitro groups is 1. The van der Waals surface area contributed by atoms with Crippen LogP contribution in [0.1, 0.15) is 0 Å². The van der Waals surface area contributed by atoms with Crippen LogP contribution in [0, 0.1) is 15.9 Å². The second-order valence-corrected chi connectivity index (χ2v) is 4.49. The minimum Gasteiger partial charge on any atom is -0.442 e. The third kappa shape index (κ3) is 1.94. The van der Waals surface area contributed by atoms with Gasteiger partial charge in [0, 0.05) is 12.6 Å². The zero-order chi connectivity index (χ0) is 13.6. The second kappa shape index (κ2) is 4.08. The predicted molar refractivity (Wildman–Crippen MR) is 62.5 cm³/mol. The number of carbonyl (C=O) groups excluding carboxylic acids is 1. The van der Waals surface area contributed by atoms with Crippen molar-refractivity contribution in [2.24, 2.45) is 0 Å². The molecular formula is C11H10FN3O4. The Morgan fingerprint density at radius 1 is 1.47 bits per heavy atom. The van der Waals surface area contributed by atoms with Gasteiger partial charge in [0.05, 0.1) is 29.3 Å². The molecule has 8 heteroatoms. The van der Waals surface area contributed by atoms with E-state index in [0.29, 0.717) is 13.1 Å². The quantitative estimate of drug-likeness (QED) is 0.639. The number of amides is 1. The summed E-state index contributed by atoms with van der Waals surface area (Å²) in [5.74, 6) is -0.652. The van der Waals surface area contributed by atoms with E-state index in [2.05, 4.69) is 5.32 Å². The SMILES string of the molecule is O=C1N[C@@H]2CN(c3ccc([N+](=O)[O-])cc3F)C[C@@H]2O1. The van der Waals surface area contributed by atoms with Crippen molar-refractivity contribution < 1.29 is 18.8 Å². The molecule has 0 radical (unpaired) electrons. The number of carbonyl (C=O) groups is 1. The van der Waals surface area contributed by atoms with Gasteiger partial charge in [-0.15, -0.1) is 0 Å². The summed E-state index contributed by atoms with van der Waals surface area (Å²) in [6.07, 6.45) is -0.763. The van der Waals surface area contributed by atoms with E-state index < -0.39 is 16.8 Å². The van der Waals surface area contributed by atoms with Gasteiger partial charge in [-0.25, -0.2) is 9.18 Å². The van der Waals surface area contributed by atoms with Gasteiger partial charge in [0.2, 0.25) is 0 Å². The molecule has 0 unspecified atom stereocenters. The van der Waals surface area contributed by atoms with Gasteiger partial charge in [-0.1, -0.05) is 0 Å². The molecular weight excluding hydrogens is 257 g/mol. The van der Waals surface area contributed by atoms with E-state index in [1.165, 1.54) is 12.1 Å². The molecule has 1 N–H and O–H groups in total. The molecule has 1 aromatic carbocycles. The summed E-state index contributed by atoms with van der Waals surface area (Å²) in [5, 5.41) is 13.2. The molecule has 0 aliphatic carbocycles. The van der Waals surface area contributed by atoms with Gasteiger partial charge in [-0.3, -0.25) is 10.1 Å². The maximum Gasteiger partial charge on any atom is 0.407 e. The summed E-state index contributed by atoms with van der Waals surface area (Å²) >= 11 is 0. The van der Waals surface area contributed by atoms with E-state index in [1.54, 1.807) is 4.90 Å². The second-order valence-electron chi connectivity index (χ2n) is 4.49. The van der Waals surface area contributed by atoms with E-state index >= 15 is 0 Å². The maximum atomic E-state index is 13.8.